The topological polar surface area (TPSA) is 150 Å². The number of rotatable bonds is 4. The van der Waals surface area contributed by atoms with Gasteiger partial charge in [-0.05, 0) is 35.7 Å². The first-order valence-corrected chi connectivity index (χ1v) is 10.9. The van der Waals surface area contributed by atoms with Crippen LogP contribution in [-0.2, 0) is 21.0 Å². The monoisotopic (exact) mass is 571 g/mol. The summed E-state index contributed by atoms with van der Waals surface area (Å²) in [7, 11) is 0. The standard InChI is InChI=1S/C17H14FN3O2S.2C2HF3O2/c18-13-6-11(13)16(23)21-17-20-14-2-1-9(5-15(14)24-17)12-7-19-4-3-10(12)8-22;2*3-2(4,5)1(6)7/h1-5,7,11,13,22H,6,8H2,(H,20,21,23);2*(H,6,7)/t11-,13+;;/m1../s1. The highest BCUT2D eigenvalue weighted by Crippen LogP contribution is 2.36. The van der Waals surface area contributed by atoms with E-state index in [4.69, 9.17) is 19.8 Å². The number of aromatic nitrogens is 2. The fourth-order valence-electron chi connectivity index (χ4n) is 2.60. The van der Waals surface area contributed by atoms with E-state index in [1.807, 2.05) is 18.2 Å². The van der Waals surface area contributed by atoms with Gasteiger partial charge in [-0.1, -0.05) is 17.4 Å². The molecular formula is C21H16F7N3O6S. The number of aliphatic hydroxyl groups is 1. The van der Waals surface area contributed by atoms with E-state index in [0.717, 1.165) is 26.9 Å². The third-order valence-corrected chi connectivity index (χ3v) is 5.48. The largest absolute Gasteiger partial charge is 0.490 e. The van der Waals surface area contributed by atoms with Crippen molar-refractivity contribution in [2.24, 2.45) is 5.92 Å². The lowest BCUT2D eigenvalue weighted by atomic mass is 10.0. The van der Waals surface area contributed by atoms with Crippen molar-refractivity contribution in [2.45, 2.75) is 31.6 Å². The Kier molecular flexibility index (Phi) is 9.69. The normalized spacial score (nSPS) is 16.4. The van der Waals surface area contributed by atoms with Crippen LogP contribution in [0.1, 0.15) is 12.0 Å². The molecular weight excluding hydrogens is 555 g/mol. The average molecular weight is 571 g/mol. The molecule has 1 aliphatic carbocycles. The summed E-state index contributed by atoms with van der Waals surface area (Å²) < 4.78 is 77.3. The van der Waals surface area contributed by atoms with Crippen LogP contribution in [0.4, 0.5) is 35.9 Å². The highest BCUT2D eigenvalue weighted by atomic mass is 32.1. The summed E-state index contributed by atoms with van der Waals surface area (Å²) in [6.45, 7) is -0.0638. The third kappa shape index (κ3) is 8.62. The van der Waals surface area contributed by atoms with E-state index >= 15 is 0 Å². The number of nitrogens with zero attached hydrogens (tertiary/aromatic N) is 2. The maximum Gasteiger partial charge on any atom is 0.490 e. The van der Waals surface area contributed by atoms with Crippen LogP contribution in [0, 0.1) is 5.92 Å². The van der Waals surface area contributed by atoms with Gasteiger partial charge in [-0.2, -0.15) is 26.3 Å². The molecule has 206 valence electrons. The molecule has 1 aliphatic rings. The van der Waals surface area contributed by atoms with E-state index in [2.05, 4.69) is 15.3 Å². The first-order valence-electron chi connectivity index (χ1n) is 10.0. The number of carboxylic acid groups (broad SMARTS) is 2. The minimum atomic E-state index is -5.08. The molecule has 0 bridgehead atoms. The molecule has 4 N–H and O–H groups in total. The summed E-state index contributed by atoms with van der Waals surface area (Å²) in [5.74, 6) is -6.35. The van der Waals surface area contributed by atoms with Gasteiger partial charge in [-0.25, -0.2) is 19.0 Å². The minimum Gasteiger partial charge on any atom is -0.475 e. The number of thiazole rings is 1. The van der Waals surface area contributed by atoms with Crippen LogP contribution < -0.4 is 5.32 Å². The Hall–Kier alpha value is -3.86. The summed E-state index contributed by atoms with van der Waals surface area (Å²) in [6.07, 6.45) is -7.53. The smallest absolute Gasteiger partial charge is 0.475 e. The molecule has 38 heavy (non-hydrogen) atoms. The van der Waals surface area contributed by atoms with Crippen molar-refractivity contribution in [1.82, 2.24) is 9.97 Å². The second-order valence-corrected chi connectivity index (χ2v) is 8.38. The number of aliphatic hydroxyl groups excluding tert-OH is 1. The van der Waals surface area contributed by atoms with Gasteiger partial charge >= 0.3 is 24.3 Å². The summed E-state index contributed by atoms with van der Waals surface area (Å²) >= 11 is 1.35. The van der Waals surface area contributed by atoms with Crippen LogP contribution in [-0.4, -0.2) is 61.7 Å². The summed E-state index contributed by atoms with van der Waals surface area (Å²) in [5, 5.41) is 26.9. The first-order chi connectivity index (χ1) is 17.5. The molecule has 2 aromatic heterocycles. The molecule has 4 rings (SSSR count). The Morgan fingerprint density at radius 2 is 1.58 bits per heavy atom. The van der Waals surface area contributed by atoms with Crippen molar-refractivity contribution in [1.29, 1.82) is 0 Å². The molecule has 0 spiro atoms. The van der Waals surface area contributed by atoms with Crippen molar-refractivity contribution in [3.63, 3.8) is 0 Å². The number of pyridine rings is 1. The van der Waals surface area contributed by atoms with Crippen LogP contribution in [0.2, 0.25) is 0 Å². The minimum absolute atomic E-state index is 0.0638. The highest BCUT2D eigenvalue weighted by molar-refractivity contribution is 7.22. The molecule has 0 radical (unpaired) electrons. The van der Waals surface area contributed by atoms with Crippen molar-refractivity contribution in [3.05, 3.63) is 42.2 Å². The van der Waals surface area contributed by atoms with Gasteiger partial charge < -0.3 is 20.6 Å². The summed E-state index contributed by atoms with van der Waals surface area (Å²) in [4.78, 5) is 38.1. The van der Waals surface area contributed by atoms with Gasteiger partial charge in [0, 0.05) is 18.0 Å². The number of aliphatic carboxylic acids is 2. The lowest BCUT2D eigenvalue weighted by Crippen LogP contribution is -2.21. The zero-order valence-electron chi connectivity index (χ0n) is 18.5. The number of nitrogens with one attached hydrogen (secondary N) is 1. The zero-order chi connectivity index (χ0) is 28.8. The van der Waals surface area contributed by atoms with Crippen molar-refractivity contribution in [3.8, 4) is 11.1 Å². The molecule has 0 unspecified atom stereocenters. The van der Waals surface area contributed by atoms with E-state index in [1.165, 1.54) is 11.3 Å². The number of halogens is 7. The lowest BCUT2D eigenvalue weighted by molar-refractivity contribution is -0.193. The third-order valence-electron chi connectivity index (χ3n) is 4.55. The quantitative estimate of drug-likeness (QED) is 0.337. The Balaban J connectivity index is 0.000000301. The molecule has 1 saturated carbocycles. The SMILES string of the molecule is O=C(Nc1nc2ccc(-c3cnccc3CO)cc2s1)[C@@H]1C[C@@H]1F.O=C(O)C(F)(F)F.O=C(O)C(F)(F)F. The van der Waals surface area contributed by atoms with Crippen LogP contribution in [0.5, 0.6) is 0 Å². The van der Waals surface area contributed by atoms with Crippen molar-refractivity contribution in [2.75, 3.05) is 5.32 Å². The van der Waals surface area contributed by atoms with Crippen LogP contribution in [0.3, 0.4) is 0 Å². The molecule has 1 fully saturated rings. The number of amides is 1. The summed E-state index contributed by atoms with van der Waals surface area (Å²) in [6, 6.07) is 7.50. The van der Waals surface area contributed by atoms with Crippen LogP contribution in [0.25, 0.3) is 21.3 Å². The van der Waals surface area contributed by atoms with Gasteiger partial charge in [0.15, 0.2) is 5.13 Å². The predicted molar refractivity (Wildman–Crippen MR) is 118 cm³/mol. The number of anilines is 1. The number of carboxylic acids is 2. The van der Waals surface area contributed by atoms with Gasteiger partial charge in [0.25, 0.3) is 0 Å². The Bertz CT molecular complexity index is 1290. The zero-order valence-corrected chi connectivity index (χ0v) is 19.4. The Morgan fingerprint density at radius 1 is 1.03 bits per heavy atom. The fraction of sp³-hybridized carbons (Fsp3) is 0.286. The highest BCUT2D eigenvalue weighted by Gasteiger charge is 2.44. The van der Waals surface area contributed by atoms with Gasteiger partial charge in [0.2, 0.25) is 5.91 Å². The molecule has 0 aliphatic heterocycles. The van der Waals surface area contributed by atoms with Crippen LogP contribution >= 0.6 is 11.3 Å². The molecule has 1 amide bonds. The maximum atomic E-state index is 12.9. The van der Waals surface area contributed by atoms with E-state index in [9.17, 15) is 40.6 Å². The number of alkyl halides is 7. The number of benzene rings is 1. The number of hydrogen-bond acceptors (Lipinski definition) is 7. The Labute approximate surface area is 211 Å². The van der Waals surface area contributed by atoms with Gasteiger partial charge in [-0.3, -0.25) is 9.78 Å². The number of carbonyl (C=O) groups is 3. The molecule has 2 heterocycles. The van der Waals surface area contributed by atoms with E-state index < -0.39 is 36.4 Å². The Morgan fingerprint density at radius 3 is 2.05 bits per heavy atom. The molecule has 3 aromatic rings. The van der Waals surface area contributed by atoms with E-state index in [1.54, 1.807) is 18.5 Å². The molecule has 17 heteroatoms. The molecule has 2 atom stereocenters. The maximum absolute atomic E-state index is 12.9. The van der Waals surface area contributed by atoms with Gasteiger partial charge in [0.05, 0.1) is 22.7 Å². The fourth-order valence-corrected chi connectivity index (χ4v) is 3.51. The van der Waals surface area contributed by atoms with E-state index in [0.29, 0.717) is 11.6 Å². The second-order valence-electron chi connectivity index (χ2n) is 7.35. The lowest BCUT2D eigenvalue weighted by Gasteiger charge is -2.06. The summed E-state index contributed by atoms with van der Waals surface area (Å²) in [5.41, 5.74) is 3.34. The second kappa shape index (κ2) is 12.1. The van der Waals surface area contributed by atoms with Crippen molar-refractivity contribution < 1.29 is 60.4 Å². The molecule has 0 saturated heterocycles. The van der Waals surface area contributed by atoms with Gasteiger partial charge in [-0.15, -0.1) is 0 Å². The van der Waals surface area contributed by atoms with E-state index in [-0.39, 0.29) is 12.5 Å². The number of carbonyl (C=O) groups excluding carboxylic acids is 1. The predicted octanol–water partition coefficient (Wildman–Crippen LogP) is 4.41. The van der Waals surface area contributed by atoms with Crippen LogP contribution in [0.15, 0.2) is 36.7 Å². The number of hydrogen-bond donors (Lipinski definition) is 4. The van der Waals surface area contributed by atoms with Crippen molar-refractivity contribution >= 4 is 44.5 Å². The number of fused-ring (bicyclic) bond motifs is 1. The van der Waals surface area contributed by atoms with Gasteiger partial charge in [0.1, 0.15) is 6.17 Å². The molecule has 1 aromatic carbocycles. The average Bonchev–Trinajstić information content (AvgIpc) is 3.42. The first kappa shape index (κ1) is 30.4. The molecule has 9 nitrogen and oxygen atoms in total.